The number of phenols is 1. The molecule has 1 N–H and O–H groups in total. The predicted octanol–water partition coefficient (Wildman–Crippen LogP) is 3.05. The van der Waals surface area contributed by atoms with Gasteiger partial charge in [-0.15, -0.1) is 0 Å². The Kier molecular flexibility index (Phi) is 4.87. The minimum atomic E-state index is -0.0431. The standard InChI is InChI=1S/C21H22N4O2/c26-19-8-3-5-16(13-19)21(27)25-11-4-6-17(14-25)20-23-10-12-24(20)15-18-7-1-2-9-22-18/h1-3,5,7-10,12-13,17,26H,4,6,11,14-15H2. The monoisotopic (exact) mass is 362 g/mol. The number of nitrogens with zero attached hydrogens (tertiary/aromatic N) is 4. The highest BCUT2D eigenvalue weighted by Gasteiger charge is 2.28. The first-order valence-corrected chi connectivity index (χ1v) is 9.20. The lowest BCUT2D eigenvalue weighted by Gasteiger charge is -2.32. The van der Waals surface area contributed by atoms with Crippen LogP contribution in [0.5, 0.6) is 5.75 Å². The van der Waals surface area contributed by atoms with E-state index in [4.69, 9.17) is 0 Å². The molecule has 1 amide bonds. The summed E-state index contributed by atoms with van der Waals surface area (Å²) in [7, 11) is 0. The SMILES string of the molecule is O=C(c1cccc(O)c1)N1CCCC(c2nccn2Cc2ccccn2)C1. The van der Waals surface area contributed by atoms with E-state index in [1.54, 1.807) is 24.4 Å². The Morgan fingerprint density at radius 1 is 1.15 bits per heavy atom. The molecule has 0 spiro atoms. The molecule has 0 bridgehead atoms. The van der Waals surface area contributed by atoms with E-state index < -0.39 is 0 Å². The minimum Gasteiger partial charge on any atom is -0.508 e. The van der Waals surface area contributed by atoms with Gasteiger partial charge in [0.1, 0.15) is 11.6 Å². The van der Waals surface area contributed by atoms with Crippen molar-refractivity contribution >= 4 is 5.91 Å². The summed E-state index contributed by atoms with van der Waals surface area (Å²) >= 11 is 0. The zero-order chi connectivity index (χ0) is 18.6. The molecule has 1 unspecified atom stereocenters. The highest BCUT2D eigenvalue weighted by Crippen LogP contribution is 2.27. The molecule has 1 aliphatic heterocycles. The Morgan fingerprint density at radius 2 is 2.07 bits per heavy atom. The smallest absolute Gasteiger partial charge is 0.254 e. The molecule has 138 valence electrons. The molecule has 6 heteroatoms. The van der Waals surface area contributed by atoms with Gasteiger partial charge < -0.3 is 14.6 Å². The fourth-order valence-electron chi connectivity index (χ4n) is 3.67. The van der Waals surface area contributed by atoms with Crippen molar-refractivity contribution in [2.45, 2.75) is 25.3 Å². The molecule has 0 radical (unpaired) electrons. The van der Waals surface area contributed by atoms with E-state index in [1.165, 1.54) is 6.07 Å². The number of pyridine rings is 1. The van der Waals surface area contributed by atoms with E-state index in [2.05, 4.69) is 14.5 Å². The second-order valence-electron chi connectivity index (χ2n) is 6.88. The van der Waals surface area contributed by atoms with Gasteiger partial charge >= 0.3 is 0 Å². The Bertz CT molecular complexity index is 923. The van der Waals surface area contributed by atoms with Crippen LogP contribution in [0.25, 0.3) is 0 Å². The van der Waals surface area contributed by atoms with Crippen molar-refractivity contribution in [3.05, 3.63) is 78.1 Å². The first kappa shape index (κ1) is 17.3. The van der Waals surface area contributed by atoms with E-state index >= 15 is 0 Å². The van der Waals surface area contributed by atoms with E-state index in [0.29, 0.717) is 18.7 Å². The van der Waals surface area contributed by atoms with Crippen molar-refractivity contribution in [2.24, 2.45) is 0 Å². The maximum absolute atomic E-state index is 12.8. The van der Waals surface area contributed by atoms with Crippen molar-refractivity contribution in [3.8, 4) is 5.75 Å². The maximum Gasteiger partial charge on any atom is 0.254 e. The second-order valence-corrected chi connectivity index (χ2v) is 6.88. The molecule has 1 aliphatic rings. The summed E-state index contributed by atoms with van der Waals surface area (Å²) in [4.78, 5) is 23.7. The average molecular weight is 362 g/mol. The van der Waals surface area contributed by atoms with Gasteiger partial charge in [0.15, 0.2) is 0 Å². The molecule has 1 aromatic carbocycles. The highest BCUT2D eigenvalue weighted by atomic mass is 16.3. The Balaban J connectivity index is 1.51. The Labute approximate surface area is 158 Å². The number of piperidine rings is 1. The van der Waals surface area contributed by atoms with Crippen molar-refractivity contribution in [1.82, 2.24) is 19.4 Å². The maximum atomic E-state index is 12.8. The number of imidazole rings is 1. The van der Waals surface area contributed by atoms with Crippen LogP contribution in [0.1, 0.15) is 40.6 Å². The van der Waals surface area contributed by atoms with E-state index in [0.717, 1.165) is 30.9 Å². The molecule has 6 nitrogen and oxygen atoms in total. The second kappa shape index (κ2) is 7.61. The van der Waals surface area contributed by atoms with Gasteiger partial charge in [-0.25, -0.2) is 4.98 Å². The van der Waals surface area contributed by atoms with Gasteiger partial charge in [0.05, 0.1) is 12.2 Å². The van der Waals surface area contributed by atoms with Crippen LogP contribution in [0.4, 0.5) is 0 Å². The third-order valence-corrected chi connectivity index (χ3v) is 4.97. The first-order valence-electron chi connectivity index (χ1n) is 9.20. The molecule has 1 atom stereocenters. The summed E-state index contributed by atoms with van der Waals surface area (Å²) in [6.07, 6.45) is 7.52. The normalized spacial score (nSPS) is 17.0. The van der Waals surface area contributed by atoms with Crippen molar-refractivity contribution in [1.29, 1.82) is 0 Å². The van der Waals surface area contributed by atoms with Gasteiger partial charge in [-0.05, 0) is 43.2 Å². The number of rotatable bonds is 4. The number of aromatic nitrogens is 3. The molecule has 0 saturated carbocycles. The van der Waals surface area contributed by atoms with Crippen LogP contribution in [-0.2, 0) is 6.54 Å². The molecule has 4 rings (SSSR count). The van der Waals surface area contributed by atoms with Crippen LogP contribution in [-0.4, -0.2) is 43.5 Å². The first-order chi connectivity index (χ1) is 13.2. The fourth-order valence-corrected chi connectivity index (χ4v) is 3.67. The number of likely N-dealkylation sites (tertiary alicyclic amines) is 1. The van der Waals surface area contributed by atoms with Crippen molar-refractivity contribution in [2.75, 3.05) is 13.1 Å². The van der Waals surface area contributed by atoms with Crippen molar-refractivity contribution < 1.29 is 9.90 Å². The molecule has 27 heavy (non-hydrogen) atoms. The average Bonchev–Trinajstić information content (AvgIpc) is 3.16. The number of aromatic hydroxyl groups is 1. The number of benzene rings is 1. The van der Waals surface area contributed by atoms with Gasteiger partial charge in [0, 0.05) is 43.2 Å². The molecular weight excluding hydrogens is 340 g/mol. The summed E-state index contributed by atoms with van der Waals surface area (Å²) in [5.74, 6) is 1.26. The van der Waals surface area contributed by atoms with Crippen LogP contribution < -0.4 is 0 Å². The van der Waals surface area contributed by atoms with E-state index in [9.17, 15) is 9.90 Å². The van der Waals surface area contributed by atoms with Gasteiger partial charge in [-0.3, -0.25) is 9.78 Å². The van der Waals surface area contributed by atoms with Gasteiger partial charge in [-0.1, -0.05) is 12.1 Å². The lowest BCUT2D eigenvalue weighted by Crippen LogP contribution is -2.39. The molecule has 1 fully saturated rings. The third-order valence-electron chi connectivity index (χ3n) is 4.97. The van der Waals surface area contributed by atoms with Gasteiger partial charge in [-0.2, -0.15) is 0 Å². The van der Waals surface area contributed by atoms with Crippen LogP contribution in [0, 0.1) is 0 Å². The molecule has 2 aromatic heterocycles. The Morgan fingerprint density at radius 3 is 2.89 bits per heavy atom. The van der Waals surface area contributed by atoms with Crippen molar-refractivity contribution in [3.63, 3.8) is 0 Å². The van der Waals surface area contributed by atoms with Gasteiger partial charge in [0.2, 0.25) is 0 Å². The molecule has 3 heterocycles. The number of amides is 1. The lowest BCUT2D eigenvalue weighted by molar-refractivity contribution is 0.0703. The number of phenolic OH excluding ortho intramolecular Hbond substituents is 1. The number of carbonyl (C=O) groups excluding carboxylic acids is 1. The summed E-state index contributed by atoms with van der Waals surface area (Å²) in [6, 6.07) is 12.4. The predicted molar refractivity (Wildman–Crippen MR) is 102 cm³/mol. The lowest BCUT2D eigenvalue weighted by atomic mass is 9.96. The van der Waals surface area contributed by atoms with E-state index in [-0.39, 0.29) is 17.6 Å². The Hall–Kier alpha value is -3.15. The summed E-state index contributed by atoms with van der Waals surface area (Å²) in [5, 5.41) is 9.65. The van der Waals surface area contributed by atoms with Crippen LogP contribution >= 0.6 is 0 Å². The molecular formula is C21H22N4O2. The van der Waals surface area contributed by atoms with Crippen LogP contribution in [0.3, 0.4) is 0 Å². The quantitative estimate of drug-likeness (QED) is 0.774. The fraction of sp³-hybridized carbons (Fsp3) is 0.286. The minimum absolute atomic E-state index is 0.0431. The van der Waals surface area contributed by atoms with Crippen LogP contribution in [0.15, 0.2) is 61.1 Å². The van der Waals surface area contributed by atoms with Gasteiger partial charge in [0.25, 0.3) is 5.91 Å². The third kappa shape index (κ3) is 3.84. The highest BCUT2D eigenvalue weighted by molar-refractivity contribution is 5.94. The number of hydrogen-bond donors (Lipinski definition) is 1. The van der Waals surface area contributed by atoms with E-state index in [1.807, 2.05) is 35.5 Å². The molecule has 1 saturated heterocycles. The topological polar surface area (TPSA) is 71.2 Å². The summed E-state index contributed by atoms with van der Waals surface area (Å²) < 4.78 is 2.12. The largest absolute Gasteiger partial charge is 0.508 e. The summed E-state index contributed by atoms with van der Waals surface area (Å²) in [5.41, 5.74) is 1.51. The van der Waals surface area contributed by atoms with Crippen LogP contribution in [0.2, 0.25) is 0 Å². The zero-order valence-corrected chi connectivity index (χ0v) is 15.0. The molecule has 3 aromatic rings. The molecule has 0 aliphatic carbocycles. The number of hydrogen-bond acceptors (Lipinski definition) is 4. The summed E-state index contributed by atoms with van der Waals surface area (Å²) in [6.45, 7) is 2.03. The number of carbonyl (C=O) groups is 1. The zero-order valence-electron chi connectivity index (χ0n) is 15.0.